The van der Waals surface area contributed by atoms with Gasteiger partial charge in [-0.1, -0.05) is 43.2 Å². The molecule has 2 rings (SSSR count). The summed E-state index contributed by atoms with van der Waals surface area (Å²) in [5.41, 5.74) is 3.36. The second kappa shape index (κ2) is 9.90. The Labute approximate surface area is 175 Å². The van der Waals surface area contributed by atoms with Crippen molar-refractivity contribution in [2.45, 2.75) is 79.2 Å². The number of Topliss-reactive ketones (excluding diaryl/α,β-unsaturated/α-hetero) is 1. The Bertz CT molecular complexity index is 740. The molecule has 0 saturated carbocycles. The molecule has 0 spiro atoms. The molecule has 0 aromatic rings. The fourth-order valence-corrected chi connectivity index (χ4v) is 4.53. The zero-order valence-corrected chi connectivity index (χ0v) is 18.7. The van der Waals surface area contributed by atoms with E-state index in [1.54, 1.807) is 0 Å². The largest absolute Gasteiger partial charge is 0.504 e. The first-order valence-electron chi connectivity index (χ1n) is 10.9. The van der Waals surface area contributed by atoms with Crippen molar-refractivity contribution in [1.82, 2.24) is 0 Å². The van der Waals surface area contributed by atoms with E-state index < -0.39 is 11.5 Å². The van der Waals surface area contributed by atoms with E-state index in [0.29, 0.717) is 24.8 Å². The summed E-state index contributed by atoms with van der Waals surface area (Å²) in [4.78, 5) is 13.1. The van der Waals surface area contributed by atoms with Gasteiger partial charge in [0.05, 0.1) is 6.10 Å². The molecule has 0 heterocycles. The normalized spacial score (nSPS) is 31.3. The van der Waals surface area contributed by atoms with Crippen molar-refractivity contribution < 1.29 is 20.1 Å². The van der Waals surface area contributed by atoms with E-state index in [9.17, 15) is 20.1 Å². The molecule has 4 heteroatoms. The lowest BCUT2D eigenvalue weighted by atomic mass is 9.70. The first-order chi connectivity index (χ1) is 13.6. The van der Waals surface area contributed by atoms with E-state index in [4.69, 9.17) is 0 Å². The van der Waals surface area contributed by atoms with E-state index in [1.165, 1.54) is 11.1 Å². The number of allylic oxidation sites excluding steroid dienone is 6. The number of carbonyl (C=O) groups excluding carboxylic acids is 1. The number of fused-ring (bicyclic) bond motifs is 1. The molecule has 0 aromatic carbocycles. The smallest absolute Gasteiger partial charge is 0.203 e. The van der Waals surface area contributed by atoms with Crippen LogP contribution in [0.5, 0.6) is 0 Å². The maximum absolute atomic E-state index is 13.1. The van der Waals surface area contributed by atoms with Gasteiger partial charge in [-0.2, -0.15) is 0 Å². The third-order valence-electron chi connectivity index (χ3n) is 6.88. The molecular formula is C25H38O4. The predicted octanol–water partition coefficient (Wildman–Crippen LogP) is 5.19. The summed E-state index contributed by atoms with van der Waals surface area (Å²) in [5.74, 6) is -0.860. The van der Waals surface area contributed by atoms with E-state index >= 15 is 0 Å². The maximum atomic E-state index is 13.1. The first kappa shape index (κ1) is 23.6. The lowest BCUT2D eigenvalue weighted by Crippen LogP contribution is -2.32. The van der Waals surface area contributed by atoms with Crippen molar-refractivity contribution in [3.8, 4) is 0 Å². The molecule has 3 N–H and O–H groups in total. The number of ketones is 1. The summed E-state index contributed by atoms with van der Waals surface area (Å²) in [6, 6.07) is 0. The summed E-state index contributed by atoms with van der Waals surface area (Å²) >= 11 is 0. The molecule has 0 radical (unpaired) electrons. The van der Waals surface area contributed by atoms with Crippen LogP contribution in [0.1, 0.15) is 73.1 Å². The zero-order chi connectivity index (χ0) is 21.8. The number of hydrogen-bond donors (Lipinski definition) is 3. The SMILES string of the molecule is CC1=CC[C@]2(C)C(=O)C(O)=C([C@H](C)CO)[C@H]2CC=C(C)[C@H](O)CCC(C)=CCC1. The van der Waals surface area contributed by atoms with Crippen molar-refractivity contribution in [1.29, 1.82) is 0 Å². The maximum Gasteiger partial charge on any atom is 0.203 e. The van der Waals surface area contributed by atoms with Crippen LogP contribution >= 0.6 is 0 Å². The highest BCUT2D eigenvalue weighted by Crippen LogP contribution is 2.50. The van der Waals surface area contributed by atoms with Gasteiger partial charge in [0.2, 0.25) is 5.78 Å². The third-order valence-corrected chi connectivity index (χ3v) is 6.88. The topological polar surface area (TPSA) is 77.8 Å². The van der Waals surface area contributed by atoms with Crippen LogP contribution in [0.2, 0.25) is 0 Å². The molecular weight excluding hydrogens is 364 g/mol. The van der Waals surface area contributed by atoms with Crippen molar-refractivity contribution >= 4 is 5.78 Å². The Morgan fingerprint density at radius 3 is 2.45 bits per heavy atom. The molecule has 0 unspecified atom stereocenters. The molecule has 0 aromatic heterocycles. The molecule has 0 bridgehead atoms. The second-order valence-electron chi connectivity index (χ2n) is 9.27. The van der Waals surface area contributed by atoms with Crippen molar-refractivity contribution in [2.75, 3.05) is 6.61 Å². The van der Waals surface area contributed by atoms with Crippen molar-refractivity contribution in [3.63, 3.8) is 0 Å². The van der Waals surface area contributed by atoms with Crippen LogP contribution in [0.25, 0.3) is 0 Å². The highest BCUT2D eigenvalue weighted by atomic mass is 16.3. The Morgan fingerprint density at radius 2 is 1.79 bits per heavy atom. The number of carbonyl (C=O) groups is 1. The minimum Gasteiger partial charge on any atom is -0.504 e. The lowest BCUT2D eigenvalue weighted by Gasteiger charge is -2.32. The Hall–Kier alpha value is -1.65. The van der Waals surface area contributed by atoms with Crippen LogP contribution in [-0.2, 0) is 4.79 Å². The Balaban J connectivity index is 2.46. The molecule has 0 saturated heterocycles. The minimum absolute atomic E-state index is 0.107. The zero-order valence-electron chi connectivity index (χ0n) is 18.7. The Kier molecular flexibility index (Phi) is 8.07. The average Bonchev–Trinajstić information content (AvgIpc) is 2.88. The van der Waals surface area contributed by atoms with Crippen molar-refractivity contribution in [2.24, 2.45) is 17.3 Å². The monoisotopic (exact) mass is 402 g/mol. The molecule has 2 aliphatic rings. The van der Waals surface area contributed by atoms with Gasteiger partial charge in [0.1, 0.15) is 0 Å². The molecule has 0 aliphatic heterocycles. The second-order valence-corrected chi connectivity index (χ2v) is 9.27. The van der Waals surface area contributed by atoms with Gasteiger partial charge >= 0.3 is 0 Å². The van der Waals surface area contributed by atoms with Gasteiger partial charge in [0.25, 0.3) is 0 Å². The van der Waals surface area contributed by atoms with Crippen LogP contribution < -0.4 is 0 Å². The van der Waals surface area contributed by atoms with Gasteiger partial charge < -0.3 is 15.3 Å². The summed E-state index contributed by atoms with van der Waals surface area (Å²) < 4.78 is 0. The van der Waals surface area contributed by atoms with Gasteiger partial charge in [0.15, 0.2) is 5.76 Å². The fraction of sp³-hybridized carbons (Fsp3) is 0.640. The van der Waals surface area contributed by atoms with Gasteiger partial charge in [-0.25, -0.2) is 0 Å². The first-order valence-corrected chi connectivity index (χ1v) is 10.9. The van der Waals surface area contributed by atoms with Gasteiger partial charge in [-0.05, 0) is 70.4 Å². The molecule has 4 nitrogen and oxygen atoms in total. The van der Waals surface area contributed by atoms with Crippen LogP contribution in [0.4, 0.5) is 0 Å². The summed E-state index contributed by atoms with van der Waals surface area (Å²) in [6.45, 7) is 9.81. The highest BCUT2D eigenvalue weighted by Gasteiger charge is 2.51. The van der Waals surface area contributed by atoms with Gasteiger partial charge in [-0.3, -0.25) is 4.79 Å². The molecule has 2 aliphatic carbocycles. The van der Waals surface area contributed by atoms with Crippen molar-refractivity contribution in [3.05, 3.63) is 46.3 Å². The van der Waals surface area contributed by atoms with Crippen LogP contribution in [0.3, 0.4) is 0 Å². The summed E-state index contributed by atoms with van der Waals surface area (Å²) in [5, 5.41) is 30.9. The number of rotatable bonds is 2. The predicted molar refractivity (Wildman–Crippen MR) is 117 cm³/mol. The molecule has 4 atom stereocenters. The summed E-state index contributed by atoms with van der Waals surface area (Å²) in [6.07, 6.45) is 10.4. The quantitative estimate of drug-likeness (QED) is 0.556. The average molecular weight is 403 g/mol. The highest BCUT2D eigenvalue weighted by molar-refractivity contribution is 6.02. The number of aliphatic hydroxyl groups is 3. The number of hydrogen-bond acceptors (Lipinski definition) is 4. The van der Waals surface area contributed by atoms with E-state index in [-0.39, 0.29) is 30.0 Å². The van der Waals surface area contributed by atoms with Crippen LogP contribution in [0.15, 0.2) is 46.3 Å². The Morgan fingerprint density at radius 1 is 1.14 bits per heavy atom. The molecule has 29 heavy (non-hydrogen) atoms. The van der Waals surface area contributed by atoms with E-state index in [1.807, 2.05) is 26.8 Å². The van der Waals surface area contributed by atoms with Crippen LogP contribution in [0, 0.1) is 17.3 Å². The van der Waals surface area contributed by atoms with Gasteiger partial charge in [0, 0.05) is 23.9 Å². The van der Waals surface area contributed by atoms with E-state index in [2.05, 4.69) is 26.0 Å². The van der Waals surface area contributed by atoms with Gasteiger partial charge in [-0.15, -0.1) is 0 Å². The number of aliphatic hydroxyl groups excluding tert-OH is 3. The molecule has 0 amide bonds. The minimum atomic E-state index is -0.738. The molecule has 0 fully saturated rings. The lowest BCUT2D eigenvalue weighted by molar-refractivity contribution is -0.126. The summed E-state index contributed by atoms with van der Waals surface area (Å²) in [7, 11) is 0. The van der Waals surface area contributed by atoms with Crippen LogP contribution in [-0.4, -0.2) is 33.8 Å². The van der Waals surface area contributed by atoms with E-state index in [0.717, 1.165) is 24.8 Å². The molecule has 162 valence electrons. The fourth-order valence-electron chi connectivity index (χ4n) is 4.53. The standard InChI is InChI=1S/C25H38O4/c1-16-7-6-8-17(2)13-14-25(5)20(11-10-18(3)21(27)12-9-16)22(19(4)15-26)23(28)24(25)29/h7,10,13,19-21,26-28H,6,8-9,11-12,14-15H2,1-5H3/t19-,20-,21-,25+/m1/s1. The third kappa shape index (κ3) is 5.29.